The van der Waals surface area contributed by atoms with E-state index in [4.69, 9.17) is 11.6 Å². The minimum absolute atomic E-state index is 0.276. The molecule has 1 aromatic carbocycles. The molecule has 1 unspecified atom stereocenters. The van der Waals surface area contributed by atoms with E-state index in [1.165, 1.54) is 12.1 Å². The highest BCUT2D eigenvalue weighted by Gasteiger charge is 2.13. The molecule has 78 valence electrons. The largest absolute Gasteiger partial charge is 0.255 e. The average Bonchev–Trinajstić information content (AvgIpc) is 2.65. The zero-order valence-corrected chi connectivity index (χ0v) is 8.82. The Morgan fingerprint density at radius 1 is 1.33 bits per heavy atom. The van der Waals surface area contributed by atoms with E-state index in [1.807, 2.05) is 0 Å². The van der Waals surface area contributed by atoms with Gasteiger partial charge in [0, 0.05) is 13.2 Å². The van der Waals surface area contributed by atoms with Crippen molar-refractivity contribution < 1.29 is 4.39 Å². The molecule has 0 amide bonds. The molecule has 0 N–H and O–H groups in total. The summed E-state index contributed by atoms with van der Waals surface area (Å²) in [6.07, 6.45) is 1.74. The van der Waals surface area contributed by atoms with Gasteiger partial charge in [-0.1, -0.05) is 17.3 Å². The van der Waals surface area contributed by atoms with Gasteiger partial charge in [-0.25, -0.2) is 4.39 Å². The summed E-state index contributed by atoms with van der Waals surface area (Å²) in [7, 11) is 1.77. The minimum Gasteiger partial charge on any atom is -0.255 e. The third-order valence-electron chi connectivity index (χ3n) is 2.04. The second-order valence-corrected chi connectivity index (χ2v) is 3.67. The second kappa shape index (κ2) is 3.98. The molecule has 1 heterocycles. The molecule has 0 aliphatic heterocycles. The van der Waals surface area contributed by atoms with Gasteiger partial charge in [0.1, 0.15) is 16.9 Å². The van der Waals surface area contributed by atoms with Crippen LogP contribution >= 0.6 is 11.6 Å². The summed E-state index contributed by atoms with van der Waals surface area (Å²) >= 11 is 6.16. The molecule has 2 aromatic rings. The third kappa shape index (κ3) is 2.15. The first-order valence-electron chi connectivity index (χ1n) is 4.42. The maximum Gasteiger partial charge on any atom is 0.123 e. The van der Waals surface area contributed by atoms with Crippen molar-refractivity contribution in [2.45, 2.75) is 5.38 Å². The Morgan fingerprint density at radius 3 is 2.53 bits per heavy atom. The van der Waals surface area contributed by atoms with E-state index < -0.39 is 0 Å². The lowest BCUT2D eigenvalue weighted by Gasteiger charge is -2.05. The highest BCUT2D eigenvalue weighted by molar-refractivity contribution is 6.22. The molecule has 0 fully saturated rings. The third-order valence-corrected chi connectivity index (χ3v) is 2.52. The first-order valence-corrected chi connectivity index (χ1v) is 4.86. The van der Waals surface area contributed by atoms with Crippen LogP contribution in [0.1, 0.15) is 16.6 Å². The van der Waals surface area contributed by atoms with Crippen LogP contribution in [0.15, 0.2) is 30.5 Å². The summed E-state index contributed by atoms with van der Waals surface area (Å²) in [5.41, 5.74) is 1.46. The van der Waals surface area contributed by atoms with Gasteiger partial charge in [0.15, 0.2) is 0 Å². The number of aromatic nitrogens is 3. The smallest absolute Gasteiger partial charge is 0.123 e. The van der Waals surface area contributed by atoms with Gasteiger partial charge >= 0.3 is 0 Å². The molecule has 15 heavy (non-hydrogen) atoms. The van der Waals surface area contributed by atoms with Gasteiger partial charge in [-0.2, -0.15) is 0 Å². The van der Waals surface area contributed by atoms with Crippen molar-refractivity contribution >= 4 is 11.6 Å². The van der Waals surface area contributed by atoms with E-state index in [0.29, 0.717) is 5.69 Å². The molecular formula is C10H9ClFN3. The van der Waals surface area contributed by atoms with Crippen molar-refractivity contribution in [3.8, 4) is 0 Å². The summed E-state index contributed by atoms with van der Waals surface area (Å²) in [5.74, 6) is -0.276. The van der Waals surface area contributed by atoms with Gasteiger partial charge in [0.25, 0.3) is 0 Å². The fourth-order valence-electron chi connectivity index (χ4n) is 1.28. The average molecular weight is 226 g/mol. The van der Waals surface area contributed by atoms with Crippen molar-refractivity contribution in [2.24, 2.45) is 7.05 Å². The predicted octanol–water partition coefficient (Wildman–Crippen LogP) is 2.28. The maximum absolute atomic E-state index is 12.7. The van der Waals surface area contributed by atoms with Crippen LogP contribution in [0.2, 0.25) is 0 Å². The van der Waals surface area contributed by atoms with Crippen LogP contribution in [0.25, 0.3) is 0 Å². The van der Waals surface area contributed by atoms with Crippen LogP contribution in [-0.2, 0) is 7.05 Å². The van der Waals surface area contributed by atoms with E-state index in [0.717, 1.165) is 5.56 Å². The fourth-order valence-corrected chi connectivity index (χ4v) is 1.53. The summed E-state index contributed by atoms with van der Waals surface area (Å²) < 4.78 is 14.3. The summed E-state index contributed by atoms with van der Waals surface area (Å²) in [5, 5.41) is 7.30. The molecule has 1 atom stereocenters. The first-order chi connectivity index (χ1) is 7.16. The number of nitrogens with zero attached hydrogens (tertiary/aromatic N) is 3. The molecule has 3 nitrogen and oxygen atoms in total. The van der Waals surface area contributed by atoms with Crippen LogP contribution in [0.3, 0.4) is 0 Å². The number of benzene rings is 1. The zero-order valence-electron chi connectivity index (χ0n) is 8.06. The number of hydrogen-bond acceptors (Lipinski definition) is 2. The molecule has 0 radical (unpaired) electrons. The van der Waals surface area contributed by atoms with Crippen molar-refractivity contribution in [3.63, 3.8) is 0 Å². The predicted molar refractivity (Wildman–Crippen MR) is 55.1 cm³/mol. The Morgan fingerprint density at radius 2 is 2.00 bits per heavy atom. The number of alkyl halides is 1. The van der Waals surface area contributed by atoms with E-state index in [2.05, 4.69) is 10.3 Å². The Bertz CT molecular complexity index is 452. The van der Waals surface area contributed by atoms with E-state index in [9.17, 15) is 4.39 Å². The normalized spacial score (nSPS) is 12.7. The lowest BCUT2D eigenvalue weighted by atomic mass is 10.1. The number of aryl methyl sites for hydroxylation is 1. The van der Waals surface area contributed by atoms with Crippen molar-refractivity contribution in [1.29, 1.82) is 0 Å². The Kier molecular flexibility index (Phi) is 2.68. The highest BCUT2D eigenvalue weighted by Crippen LogP contribution is 2.26. The number of halogens is 2. The molecule has 2 rings (SSSR count). The monoisotopic (exact) mass is 225 g/mol. The Hall–Kier alpha value is -1.42. The van der Waals surface area contributed by atoms with Gasteiger partial charge in [-0.15, -0.1) is 16.7 Å². The minimum atomic E-state index is -0.390. The molecule has 0 aliphatic rings. The van der Waals surface area contributed by atoms with Gasteiger partial charge in [-0.05, 0) is 17.7 Å². The van der Waals surface area contributed by atoms with Gasteiger partial charge in [-0.3, -0.25) is 4.68 Å². The van der Waals surface area contributed by atoms with E-state index >= 15 is 0 Å². The molecule has 0 bridgehead atoms. The van der Waals surface area contributed by atoms with Crippen LogP contribution in [0.5, 0.6) is 0 Å². The van der Waals surface area contributed by atoms with Crippen LogP contribution in [0, 0.1) is 5.82 Å². The van der Waals surface area contributed by atoms with Gasteiger partial charge < -0.3 is 0 Å². The SMILES string of the molecule is Cn1cc(C(Cl)c2ccc(F)cc2)nn1. The van der Waals surface area contributed by atoms with Crippen LogP contribution < -0.4 is 0 Å². The molecule has 1 aromatic heterocycles. The van der Waals surface area contributed by atoms with Gasteiger partial charge in [0.05, 0.1) is 0 Å². The lowest BCUT2D eigenvalue weighted by molar-refractivity contribution is 0.627. The molecule has 5 heteroatoms. The Labute approximate surface area is 91.5 Å². The standard InChI is InChI=1S/C10H9ClFN3/c1-15-6-9(13-14-15)10(11)7-2-4-8(12)5-3-7/h2-6,10H,1H3. The number of hydrogen-bond donors (Lipinski definition) is 0. The van der Waals surface area contributed by atoms with E-state index in [1.54, 1.807) is 30.1 Å². The van der Waals surface area contributed by atoms with Gasteiger partial charge in [0.2, 0.25) is 0 Å². The topological polar surface area (TPSA) is 30.7 Å². The first kappa shape index (κ1) is 10.1. The maximum atomic E-state index is 12.7. The summed E-state index contributed by atoms with van der Waals surface area (Å²) in [4.78, 5) is 0. The summed E-state index contributed by atoms with van der Waals surface area (Å²) in [6.45, 7) is 0. The molecular weight excluding hydrogens is 217 g/mol. The molecule has 0 spiro atoms. The van der Waals surface area contributed by atoms with Crippen molar-refractivity contribution in [3.05, 3.63) is 47.5 Å². The van der Waals surface area contributed by atoms with E-state index in [-0.39, 0.29) is 11.2 Å². The molecule has 0 saturated heterocycles. The van der Waals surface area contributed by atoms with Crippen LogP contribution in [0.4, 0.5) is 4.39 Å². The summed E-state index contributed by atoms with van der Waals surface area (Å²) in [6, 6.07) is 6.03. The highest BCUT2D eigenvalue weighted by atomic mass is 35.5. The molecule has 0 saturated carbocycles. The number of rotatable bonds is 2. The Balaban J connectivity index is 2.28. The van der Waals surface area contributed by atoms with Crippen LogP contribution in [-0.4, -0.2) is 15.0 Å². The van der Waals surface area contributed by atoms with Crippen molar-refractivity contribution in [2.75, 3.05) is 0 Å². The van der Waals surface area contributed by atoms with Crippen molar-refractivity contribution in [1.82, 2.24) is 15.0 Å². The second-order valence-electron chi connectivity index (χ2n) is 3.23. The quantitative estimate of drug-likeness (QED) is 0.735. The zero-order chi connectivity index (χ0) is 10.8. The fraction of sp³-hybridized carbons (Fsp3) is 0.200. The lowest BCUT2D eigenvalue weighted by Crippen LogP contribution is -1.93. The molecule has 0 aliphatic carbocycles.